The number of phenolic OH excluding ortho intramolecular Hbond substituents is 1. The van der Waals surface area contributed by atoms with E-state index in [0.29, 0.717) is 4.47 Å². The Hall–Kier alpha value is -1.05. The van der Waals surface area contributed by atoms with Gasteiger partial charge in [0.15, 0.2) is 4.21 Å². The van der Waals surface area contributed by atoms with Crippen LogP contribution >= 0.6 is 27.3 Å². The zero-order chi connectivity index (χ0) is 14.0. The van der Waals surface area contributed by atoms with Gasteiger partial charge in [-0.3, -0.25) is 4.72 Å². The maximum atomic E-state index is 12.2. The Labute approximate surface area is 124 Å². The highest BCUT2D eigenvalue weighted by molar-refractivity contribution is 9.10. The highest BCUT2D eigenvalue weighted by Crippen LogP contribution is 2.32. The van der Waals surface area contributed by atoms with Crippen molar-refractivity contribution in [2.75, 3.05) is 4.72 Å². The van der Waals surface area contributed by atoms with Gasteiger partial charge in [-0.25, -0.2) is 8.42 Å². The largest absolute Gasteiger partial charge is 0.506 e. The van der Waals surface area contributed by atoms with E-state index in [4.69, 9.17) is 0 Å². The Kier molecular flexibility index (Phi) is 4.17. The first-order valence-corrected chi connectivity index (χ1v) is 8.67. The molecule has 2 N–H and O–H groups in total. The number of benzene rings is 1. The fourth-order valence-electron chi connectivity index (χ4n) is 1.55. The summed E-state index contributed by atoms with van der Waals surface area (Å²) in [6.07, 6.45) is 0.762. The van der Waals surface area contributed by atoms with E-state index in [-0.39, 0.29) is 15.6 Å². The number of hydrogen-bond donors (Lipinski definition) is 2. The van der Waals surface area contributed by atoms with Crippen LogP contribution in [0.4, 0.5) is 5.69 Å². The van der Waals surface area contributed by atoms with Crippen molar-refractivity contribution in [2.45, 2.75) is 17.6 Å². The molecule has 102 valence electrons. The average Bonchev–Trinajstić information content (AvgIpc) is 2.79. The van der Waals surface area contributed by atoms with E-state index in [1.807, 2.05) is 6.92 Å². The van der Waals surface area contributed by atoms with Crippen LogP contribution in [0.1, 0.15) is 12.5 Å². The van der Waals surface area contributed by atoms with Crippen LogP contribution in [0.15, 0.2) is 38.3 Å². The third-order valence-corrected chi connectivity index (χ3v) is 6.58. The molecule has 0 spiro atoms. The van der Waals surface area contributed by atoms with Crippen LogP contribution in [0.5, 0.6) is 5.75 Å². The second-order valence-electron chi connectivity index (χ2n) is 3.87. The molecule has 0 aliphatic carbocycles. The third-order valence-electron chi connectivity index (χ3n) is 2.54. The average molecular weight is 362 g/mol. The maximum absolute atomic E-state index is 12.2. The van der Waals surface area contributed by atoms with Crippen LogP contribution in [0.2, 0.25) is 0 Å². The van der Waals surface area contributed by atoms with E-state index in [9.17, 15) is 13.5 Å². The van der Waals surface area contributed by atoms with Gasteiger partial charge in [-0.05, 0) is 51.5 Å². The van der Waals surface area contributed by atoms with Gasteiger partial charge in [0, 0.05) is 4.47 Å². The summed E-state index contributed by atoms with van der Waals surface area (Å²) in [5.74, 6) is -0.0894. The summed E-state index contributed by atoms with van der Waals surface area (Å²) >= 11 is 4.30. The number of thiophene rings is 1. The van der Waals surface area contributed by atoms with E-state index < -0.39 is 10.0 Å². The van der Waals surface area contributed by atoms with Crippen LogP contribution in [0.25, 0.3) is 0 Å². The number of halogens is 1. The molecule has 2 aromatic rings. The summed E-state index contributed by atoms with van der Waals surface area (Å²) < 4.78 is 27.5. The lowest BCUT2D eigenvalue weighted by molar-refractivity contribution is 0.477. The highest BCUT2D eigenvalue weighted by atomic mass is 79.9. The molecule has 7 heteroatoms. The quantitative estimate of drug-likeness (QED) is 0.817. The monoisotopic (exact) mass is 361 g/mol. The first kappa shape index (κ1) is 14.4. The van der Waals surface area contributed by atoms with Gasteiger partial charge < -0.3 is 5.11 Å². The predicted octanol–water partition coefficient (Wildman–Crippen LogP) is 3.58. The molecule has 0 bridgehead atoms. The fraction of sp³-hybridized carbons (Fsp3) is 0.167. The molecule has 0 radical (unpaired) electrons. The van der Waals surface area contributed by atoms with E-state index in [0.717, 1.165) is 23.3 Å². The van der Waals surface area contributed by atoms with Crippen molar-refractivity contribution >= 4 is 43.0 Å². The second kappa shape index (κ2) is 5.52. The molecule has 0 fully saturated rings. The molecule has 0 aliphatic rings. The Balaban J connectivity index is 2.38. The number of aryl methyl sites for hydroxylation is 1. The van der Waals surface area contributed by atoms with Gasteiger partial charge in [0.1, 0.15) is 5.75 Å². The third kappa shape index (κ3) is 3.10. The second-order valence-corrected chi connectivity index (χ2v) is 7.51. The van der Waals surface area contributed by atoms with Gasteiger partial charge in [0.2, 0.25) is 0 Å². The molecule has 4 nitrogen and oxygen atoms in total. The summed E-state index contributed by atoms with van der Waals surface area (Å²) in [5.41, 5.74) is 1.14. The SMILES string of the molecule is CCc1ccc(O)c(NS(=O)(=O)c2sccc2Br)c1. The van der Waals surface area contributed by atoms with Gasteiger partial charge in [0.05, 0.1) is 5.69 Å². The normalized spacial score (nSPS) is 11.5. The molecule has 0 amide bonds. The molecule has 19 heavy (non-hydrogen) atoms. The van der Waals surface area contributed by atoms with Crippen molar-refractivity contribution in [1.29, 1.82) is 0 Å². The van der Waals surface area contributed by atoms with E-state index in [2.05, 4.69) is 20.7 Å². The summed E-state index contributed by atoms with van der Waals surface area (Å²) in [4.78, 5) is 0. The summed E-state index contributed by atoms with van der Waals surface area (Å²) in [7, 11) is -3.69. The number of sulfonamides is 1. The maximum Gasteiger partial charge on any atom is 0.272 e. The lowest BCUT2D eigenvalue weighted by atomic mass is 10.1. The number of hydrogen-bond acceptors (Lipinski definition) is 4. The first-order chi connectivity index (χ1) is 8.94. The molecule has 1 heterocycles. The zero-order valence-corrected chi connectivity index (χ0v) is 13.3. The number of rotatable bonds is 4. The van der Waals surface area contributed by atoms with Gasteiger partial charge in [0.25, 0.3) is 10.0 Å². The minimum absolute atomic E-state index is 0.0894. The Morgan fingerprint density at radius 2 is 2.11 bits per heavy atom. The van der Waals surface area contributed by atoms with Gasteiger partial charge >= 0.3 is 0 Å². The molecule has 0 aliphatic heterocycles. The highest BCUT2D eigenvalue weighted by Gasteiger charge is 2.20. The van der Waals surface area contributed by atoms with E-state index in [1.54, 1.807) is 23.6 Å². The number of nitrogens with one attached hydrogen (secondary N) is 1. The Bertz CT molecular complexity index is 695. The van der Waals surface area contributed by atoms with Crippen LogP contribution in [0.3, 0.4) is 0 Å². The lowest BCUT2D eigenvalue weighted by Gasteiger charge is -2.10. The van der Waals surface area contributed by atoms with Crippen molar-refractivity contribution in [3.63, 3.8) is 0 Å². The number of aromatic hydroxyl groups is 1. The van der Waals surface area contributed by atoms with Crippen molar-refractivity contribution in [2.24, 2.45) is 0 Å². The van der Waals surface area contributed by atoms with Crippen molar-refractivity contribution in [3.05, 3.63) is 39.7 Å². The van der Waals surface area contributed by atoms with Crippen molar-refractivity contribution in [3.8, 4) is 5.75 Å². The molecule has 0 atom stereocenters. The fourth-order valence-corrected chi connectivity index (χ4v) is 4.95. The van der Waals surface area contributed by atoms with Gasteiger partial charge in [-0.15, -0.1) is 11.3 Å². The molecular formula is C12H12BrNO3S2. The minimum Gasteiger partial charge on any atom is -0.506 e. The summed E-state index contributed by atoms with van der Waals surface area (Å²) in [5, 5.41) is 11.4. The van der Waals surface area contributed by atoms with Gasteiger partial charge in [-0.2, -0.15) is 0 Å². The van der Waals surface area contributed by atoms with Crippen LogP contribution in [-0.4, -0.2) is 13.5 Å². The molecule has 0 saturated heterocycles. The standard InChI is InChI=1S/C12H12BrNO3S2/c1-2-8-3-4-11(15)10(7-8)14-19(16,17)12-9(13)5-6-18-12/h3-7,14-15H,2H2,1H3. The molecular weight excluding hydrogens is 350 g/mol. The predicted molar refractivity (Wildman–Crippen MR) is 80.3 cm³/mol. The molecule has 0 saturated carbocycles. The van der Waals surface area contributed by atoms with Gasteiger partial charge in [-0.1, -0.05) is 13.0 Å². The van der Waals surface area contributed by atoms with E-state index >= 15 is 0 Å². The topological polar surface area (TPSA) is 66.4 Å². The molecule has 1 aromatic heterocycles. The molecule has 0 unspecified atom stereocenters. The summed E-state index contributed by atoms with van der Waals surface area (Å²) in [6, 6.07) is 6.55. The first-order valence-electron chi connectivity index (χ1n) is 5.51. The lowest BCUT2D eigenvalue weighted by Crippen LogP contribution is -2.12. The Morgan fingerprint density at radius 3 is 2.68 bits per heavy atom. The number of anilines is 1. The van der Waals surface area contributed by atoms with Crippen LogP contribution < -0.4 is 4.72 Å². The Morgan fingerprint density at radius 1 is 1.37 bits per heavy atom. The van der Waals surface area contributed by atoms with Crippen molar-refractivity contribution < 1.29 is 13.5 Å². The molecule has 1 aromatic carbocycles. The van der Waals surface area contributed by atoms with Crippen molar-refractivity contribution in [1.82, 2.24) is 0 Å². The van der Waals surface area contributed by atoms with Crippen LogP contribution in [0, 0.1) is 0 Å². The number of phenols is 1. The smallest absolute Gasteiger partial charge is 0.272 e. The zero-order valence-electron chi connectivity index (χ0n) is 10.1. The summed E-state index contributed by atoms with van der Waals surface area (Å²) in [6.45, 7) is 1.96. The molecule has 2 rings (SSSR count). The minimum atomic E-state index is -3.69. The van der Waals surface area contributed by atoms with Crippen LogP contribution in [-0.2, 0) is 16.4 Å². The van der Waals surface area contributed by atoms with E-state index in [1.165, 1.54) is 6.07 Å².